The molecule has 0 saturated heterocycles. The predicted octanol–water partition coefficient (Wildman–Crippen LogP) is 4.15. The van der Waals surface area contributed by atoms with Crippen LogP contribution < -0.4 is 10.6 Å². The van der Waals surface area contributed by atoms with Crippen molar-refractivity contribution in [3.05, 3.63) is 72.3 Å². The van der Waals surface area contributed by atoms with Crippen molar-refractivity contribution in [1.29, 1.82) is 5.26 Å². The topological polar surface area (TPSA) is 64.9 Å². The lowest BCUT2D eigenvalue weighted by Gasteiger charge is -2.17. The quantitative estimate of drug-likeness (QED) is 0.760. The van der Waals surface area contributed by atoms with Gasteiger partial charge in [0.2, 0.25) is 5.91 Å². The number of para-hydroxylation sites is 1. The lowest BCUT2D eigenvalue weighted by molar-refractivity contribution is -0.116. The van der Waals surface area contributed by atoms with Gasteiger partial charge >= 0.3 is 0 Å². The van der Waals surface area contributed by atoms with E-state index < -0.39 is 6.04 Å². The molecular weight excluding hydrogens is 298 g/mol. The van der Waals surface area contributed by atoms with Gasteiger partial charge in [0, 0.05) is 11.1 Å². The van der Waals surface area contributed by atoms with Gasteiger partial charge in [-0.15, -0.1) is 0 Å². The number of benzene rings is 3. The number of fused-ring (bicyclic) bond motifs is 1. The van der Waals surface area contributed by atoms with E-state index in [1.807, 2.05) is 42.5 Å². The zero-order valence-electron chi connectivity index (χ0n) is 13.3. The summed E-state index contributed by atoms with van der Waals surface area (Å²) in [6.07, 6.45) is 0. The van der Waals surface area contributed by atoms with Crippen molar-refractivity contribution in [2.24, 2.45) is 0 Å². The summed E-state index contributed by atoms with van der Waals surface area (Å²) in [4.78, 5) is 12.4. The number of rotatable bonds is 4. The Bertz CT molecular complexity index is 922. The molecule has 24 heavy (non-hydrogen) atoms. The second kappa shape index (κ2) is 6.84. The van der Waals surface area contributed by atoms with Crippen LogP contribution in [0.1, 0.15) is 12.5 Å². The van der Waals surface area contributed by atoms with Crippen molar-refractivity contribution >= 4 is 28.1 Å². The number of anilines is 2. The lowest BCUT2D eigenvalue weighted by Crippen LogP contribution is -2.32. The van der Waals surface area contributed by atoms with Crippen LogP contribution >= 0.6 is 0 Å². The number of hydrogen-bond donors (Lipinski definition) is 2. The molecule has 0 fully saturated rings. The summed E-state index contributed by atoms with van der Waals surface area (Å²) in [5.74, 6) is -0.189. The molecule has 0 aliphatic rings. The summed E-state index contributed by atoms with van der Waals surface area (Å²) in [7, 11) is 0. The predicted molar refractivity (Wildman–Crippen MR) is 96.8 cm³/mol. The summed E-state index contributed by atoms with van der Waals surface area (Å²) in [6, 6.07) is 22.6. The van der Waals surface area contributed by atoms with Crippen LogP contribution in [-0.4, -0.2) is 11.9 Å². The first-order valence-electron chi connectivity index (χ1n) is 7.73. The van der Waals surface area contributed by atoms with E-state index in [0.29, 0.717) is 11.3 Å². The Labute approximate surface area is 140 Å². The molecule has 0 unspecified atom stereocenters. The van der Waals surface area contributed by atoms with Crippen molar-refractivity contribution in [2.75, 3.05) is 10.6 Å². The monoisotopic (exact) mass is 315 g/mol. The number of amides is 1. The third kappa shape index (κ3) is 3.21. The molecule has 0 bridgehead atoms. The van der Waals surface area contributed by atoms with E-state index in [4.69, 9.17) is 5.26 Å². The van der Waals surface area contributed by atoms with Gasteiger partial charge in [-0.1, -0.05) is 48.5 Å². The number of hydrogen-bond acceptors (Lipinski definition) is 3. The molecule has 4 nitrogen and oxygen atoms in total. The Morgan fingerprint density at radius 3 is 2.46 bits per heavy atom. The molecule has 3 aromatic rings. The fraction of sp³-hybridized carbons (Fsp3) is 0.100. The van der Waals surface area contributed by atoms with E-state index in [1.54, 1.807) is 31.2 Å². The molecule has 0 aliphatic heterocycles. The Morgan fingerprint density at radius 2 is 1.62 bits per heavy atom. The Morgan fingerprint density at radius 1 is 0.958 bits per heavy atom. The minimum atomic E-state index is -0.442. The van der Waals surface area contributed by atoms with Crippen LogP contribution in [-0.2, 0) is 4.79 Å². The number of nitriles is 1. The van der Waals surface area contributed by atoms with Crippen molar-refractivity contribution in [3.63, 3.8) is 0 Å². The molecule has 0 aromatic heterocycles. The van der Waals surface area contributed by atoms with Crippen LogP contribution in [0.4, 0.5) is 11.4 Å². The van der Waals surface area contributed by atoms with Crippen molar-refractivity contribution < 1.29 is 4.79 Å². The normalized spacial score (nSPS) is 11.5. The Balaban J connectivity index is 1.78. The Hall–Kier alpha value is -3.32. The smallest absolute Gasteiger partial charge is 0.246 e. The molecule has 1 atom stereocenters. The molecular formula is C20H17N3O. The maximum absolute atomic E-state index is 12.4. The summed E-state index contributed by atoms with van der Waals surface area (Å²) >= 11 is 0. The van der Waals surface area contributed by atoms with Crippen molar-refractivity contribution in [1.82, 2.24) is 0 Å². The molecule has 0 heterocycles. The second-order valence-corrected chi connectivity index (χ2v) is 5.54. The molecule has 118 valence electrons. The fourth-order valence-corrected chi connectivity index (χ4v) is 2.58. The Kier molecular flexibility index (Phi) is 4.44. The van der Waals surface area contributed by atoms with Crippen LogP contribution in [0.25, 0.3) is 10.8 Å². The molecule has 3 rings (SSSR count). The summed E-state index contributed by atoms with van der Waals surface area (Å²) in [5.41, 5.74) is 1.88. The molecule has 0 radical (unpaired) electrons. The van der Waals surface area contributed by atoms with Gasteiger partial charge in [-0.3, -0.25) is 4.79 Å². The van der Waals surface area contributed by atoms with Gasteiger partial charge in [0.25, 0.3) is 0 Å². The first kappa shape index (κ1) is 15.6. The van der Waals surface area contributed by atoms with Gasteiger partial charge in [0.1, 0.15) is 12.1 Å². The van der Waals surface area contributed by atoms with E-state index in [0.717, 1.165) is 16.5 Å². The standard InChI is InChI=1S/C20H17N3O/c1-14(20(24)23-18-11-5-3-8-16(18)13-21)22-19-12-6-9-15-7-2-4-10-17(15)19/h2-12,14,22H,1H3,(H,23,24)/t14-/m1/s1. The summed E-state index contributed by atoms with van der Waals surface area (Å²) < 4.78 is 0. The number of nitrogens with one attached hydrogen (secondary N) is 2. The lowest BCUT2D eigenvalue weighted by atomic mass is 10.1. The average Bonchev–Trinajstić information content (AvgIpc) is 2.62. The first-order valence-corrected chi connectivity index (χ1v) is 7.73. The third-order valence-electron chi connectivity index (χ3n) is 3.86. The van der Waals surface area contributed by atoms with Crippen molar-refractivity contribution in [3.8, 4) is 6.07 Å². The highest BCUT2D eigenvalue weighted by Gasteiger charge is 2.15. The zero-order chi connectivity index (χ0) is 16.9. The highest BCUT2D eigenvalue weighted by atomic mass is 16.2. The molecule has 3 aromatic carbocycles. The van der Waals surface area contributed by atoms with E-state index in [-0.39, 0.29) is 5.91 Å². The highest BCUT2D eigenvalue weighted by Crippen LogP contribution is 2.24. The van der Waals surface area contributed by atoms with Gasteiger partial charge in [-0.25, -0.2) is 0 Å². The molecule has 4 heteroatoms. The van der Waals surface area contributed by atoms with Crippen molar-refractivity contribution in [2.45, 2.75) is 13.0 Å². The third-order valence-corrected chi connectivity index (χ3v) is 3.86. The minimum Gasteiger partial charge on any atom is -0.373 e. The van der Waals surface area contributed by atoms with Crippen LogP contribution in [0.2, 0.25) is 0 Å². The molecule has 2 N–H and O–H groups in total. The van der Waals surface area contributed by atoms with Crippen LogP contribution in [0.3, 0.4) is 0 Å². The zero-order valence-corrected chi connectivity index (χ0v) is 13.3. The van der Waals surface area contributed by atoms with Crippen LogP contribution in [0.5, 0.6) is 0 Å². The van der Waals surface area contributed by atoms with E-state index in [1.165, 1.54) is 0 Å². The number of carbonyl (C=O) groups is 1. The average molecular weight is 315 g/mol. The fourth-order valence-electron chi connectivity index (χ4n) is 2.58. The largest absolute Gasteiger partial charge is 0.373 e. The number of carbonyl (C=O) groups excluding carboxylic acids is 1. The maximum atomic E-state index is 12.4. The highest BCUT2D eigenvalue weighted by molar-refractivity contribution is 6.00. The molecule has 1 amide bonds. The van der Waals surface area contributed by atoms with Gasteiger partial charge in [-0.2, -0.15) is 5.26 Å². The molecule has 0 saturated carbocycles. The molecule has 0 aliphatic carbocycles. The minimum absolute atomic E-state index is 0.189. The SMILES string of the molecule is C[C@@H](Nc1cccc2ccccc12)C(=O)Nc1ccccc1C#N. The van der Waals surface area contributed by atoms with Gasteiger partial charge in [0.15, 0.2) is 0 Å². The van der Waals surface area contributed by atoms with Gasteiger partial charge in [-0.05, 0) is 30.5 Å². The first-order chi connectivity index (χ1) is 11.7. The summed E-state index contributed by atoms with van der Waals surface area (Å²) in [6.45, 7) is 1.80. The summed E-state index contributed by atoms with van der Waals surface area (Å²) in [5, 5.41) is 17.3. The van der Waals surface area contributed by atoms with E-state index in [2.05, 4.69) is 16.7 Å². The number of nitrogens with zero attached hydrogens (tertiary/aromatic N) is 1. The van der Waals surface area contributed by atoms with Gasteiger partial charge < -0.3 is 10.6 Å². The van der Waals surface area contributed by atoms with Crippen LogP contribution in [0, 0.1) is 11.3 Å². The maximum Gasteiger partial charge on any atom is 0.246 e. The second-order valence-electron chi connectivity index (χ2n) is 5.54. The van der Waals surface area contributed by atoms with E-state index >= 15 is 0 Å². The van der Waals surface area contributed by atoms with Crippen LogP contribution in [0.15, 0.2) is 66.7 Å². The molecule has 0 spiro atoms. The van der Waals surface area contributed by atoms with Gasteiger partial charge in [0.05, 0.1) is 11.3 Å². The van der Waals surface area contributed by atoms with E-state index in [9.17, 15) is 4.79 Å².